The van der Waals surface area contributed by atoms with E-state index in [-0.39, 0.29) is 5.91 Å². The first-order chi connectivity index (χ1) is 10.8. The van der Waals surface area contributed by atoms with Crippen LogP contribution in [0, 0.1) is 0 Å². The van der Waals surface area contributed by atoms with Crippen molar-refractivity contribution in [3.8, 4) is 0 Å². The molecular formula is C17H26N3OS+. The Bertz CT molecular complexity index is 479. The van der Waals surface area contributed by atoms with Gasteiger partial charge in [-0.25, -0.2) is 5.43 Å². The number of benzene rings is 1. The Morgan fingerprint density at radius 1 is 1.18 bits per heavy atom. The van der Waals surface area contributed by atoms with Crippen LogP contribution in [0.3, 0.4) is 0 Å². The predicted molar refractivity (Wildman–Crippen MR) is 92.6 cm³/mol. The second-order valence-electron chi connectivity index (χ2n) is 5.76. The molecule has 0 unspecified atom stereocenters. The number of hydrogen-bond donors (Lipinski definition) is 2. The molecule has 0 spiro atoms. The number of amides is 1. The number of quaternary nitrogens is 1. The van der Waals surface area contributed by atoms with Gasteiger partial charge in [-0.15, -0.1) is 11.8 Å². The van der Waals surface area contributed by atoms with Crippen LogP contribution in [0.2, 0.25) is 0 Å². The van der Waals surface area contributed by atoms with Crippen molar-refractivity contribution < 1.29 is 9.69 Å². The first-order valence-corrected chi connectivity index (χ1v) is 9.30. The summed E-state index contributed by atoms with van der Waals surface area (Å²) in [5, 5.41) is 4.06. The maximum Gasteiger partial charge on any atom is 0.295 e. The first kappa shape index (κ1) is 17.0. The maximum atomic E-state index is 12.0. The summed E-state index contributed by atoms with van der Waals surface area (Å²) in [6, 6.07) is 8.12. The van der Waals surface area contributed by atoms with Gasteiger partial charge in [0.1, 0.15) is 0 Å². The fourth-order valence-electron chi connectivity index (χ4n) is 2.72. The first-order valence-electron chi connectivity index (χ1n) is 8.07. The molecule has 1 aromatic rings. The molecule has 0 atom stereocenters. The topological polar surface area (TPSA) is 45.9 Å². The van der Waals surface area contributed by atoms with Gasteiger partial charge in [-0.1, -0.05) is 18.6 Å². The van der Waals surface area contributed by atoms with Crippen LogP contribution in [0.15, 0.2) is 34.3 Å². The smallest absolute Gasteiger partial charge is 0.295 e. The number of hydrazone groups is 1. The lowest BCUT2D eigenvalue weighted by Gasteiger charge is -2.20. The lowest BCUT2D eigenvalue weighted by Crippen LogP contribution is -3.13. The molecule has 120 valence electrons. The minimum atomic E-state index is 0.00700. The molecule has 5 heteroatoms. The number of hydrogen-bond acceptors (Lipinski definition) is 3. The van der Waals surface area contributed by atoms with E-state index < -0.39 is 0 Å². The van der Waals surface area contributed by atoms with Crippen molar-refractivity contribution in [1.29, 1.82) is 0 Å². The number of nitrogens with one attached hydrogen (secondary N) is 2. The van der Waals surface area contributed by atoms with E-state index >= 15 is 0 Å². The lowest BCUT2D eigenvalue weighted by atomic mass is 10.1. The molecule has 0 radical (unpaired) electrons. The monoisotopic (exact) mass is 320 g/mol. The molecule has 1 amide bonds. The lowest BCUT2D eigenvalue weighted by molar-refractivity contribution is -0.893. The Kier molecular flexibility index (Phi) is 7.46. The molecule has 0 saturated carbocycles. The standard InChI is InChI=1S/C17H25N3OS/c1-22-16-9-7-15(8-10-16)13-18-19-17(21)14-20-11-5-3-2-4-6-12-20/h7-10,13H,2-6,11-12,14H2,1H3,(H,19,21)/p+1/b18-13-. The Balaban J connectivity index is 1.74. The molecule has 1 aliphatic rings. The zero-order chi connectivity index (χ0) is 15.6. The number of carbonyl (C=O) groups excluding carboxylic acids is 1. The summed E-state index contributed by atoms with van der Waals surface area (Å²) in [7, 11) is 0. The third-order valence-electron chi connectivity index (χ3n) is 3.99. The van der Waals surface area contributed by atoms with Crippen LogP contribution in [0.4, 0.5) is 0 Å². The molecule has 1 saturated heterocycles. The molecule has 1 heterocycles. The summed E-state index contributed by atoms with van der Waals surface area (Å²) in [4.78, 5) is 14.6. The SMILES string of the molecule is CSc1ccc(/C=N\NC(=O)C[NH+]2CCCCCCC2)cc1. The highest BCUT2D eigenvalue weighted by atomic mass is 32.2. The number of likely N-dealkylation sites (tertiary alicyclic amines) is 1. The Morgan fingerprint density at radius 2 is 1.82 bits per heavy atom. The van der Waals surface area contributed by atoms with Crippen LogP contribution < -0.4 is 10.3 Å². The van der Waals surface area contributed by atoms with Gasteiger partial charge in [0.2, 0.25) is 0 Å². The van der Waals surface area contributed by atoms with Crippen molar-refractivity contribution in [1.82, 2.24) is 5.43 Å². The van der Waals surface area contributed by atoms with E-state index in [1.807, 2.05) is 12.1 Å². The zero-order valence-electron chi connectivity index (χ0n) is 13.3. The molecule has 4 nitrogen and oxygen atoms in total. The number of nitrogens with zero attached hydrogens (tertiary/aromatic N) is 1. The van der Waals surface area contributed by atoms with Crippen LogP contribution in [-0.2, 0) is 4.79 Å². The van der Waals surface area contributed by atoms with E-state index in [9.17, 15) is 4.79 Å². The van der Waals surface area contributed by atoms with Gasteiger partial charge in [-0.2, -0.15) is 5.10 Å². The molecule has 1 aromatic carbocycles. The summed E-state index contributed by atoms with van der Waals surface area (Å²) in [6.07, 6.45) is 10.2. The summed E-state index contributed by atoms with van der Waals surface area (Å²) in [6.45, 7) is 2.74. The molecular weight excluding hydrogens is 294 g/mol. The summed E-state index contributed by atoms with van der Waals surface area (Å²) >= 11 is 1.71. The Hall–Kier alpha value is -1.33. The van der Waals surface area contributed by atoms with Gasteiger partial charge in [0, 0.05) is 4.90 Å². The third kappa shape index (κ3) is 6.20. The van der Waals surface area contributed by atoms with Gasteiger partial charge in [-0.05, 0) is 49.6 Å². The second kappa shape index (κ2) is 9.64. The number of thioether (sulfide) groups is 1. The molecule has 0 bridgehead atoms. The van der Waals surface area contributed by atoms with Crippen molar-refractivity contribution >= 4 is 23.9 Å². The highest BCUT2D eigenvalue weighted by Gasteiger charge is 2.14. The summed E-state index contributed by atoms with van der Waals surface area (Å²) < 4.78 is 0. The van der Waals surface area contributed by atoms with Gasteiger partial charge in [-0.3, -0.25) is 4.79 Å². The van der Waals surface area contributed by atoms with E-state index in [1.54, 1.807) is 18.0 Å². The molecule has 0 aromatic heterocycles. The zero-order valence-corrected chi connectivity index (χ0v) is 14.1. The molecule has 2 N–H and O–H groups in total. The Morgan fingerprint density at radius 3 is 2.45 bits per heavy atom. The van der Waals surface area contributed by atoms with E-state index in [4.69, 9.17) is 0 Å². The van der Waals surface area contributed by atoms with E-state index in [0.29, 0.717) is 6.54 Å². The van der Waals surface area contributed by atoms with Crippen LogP contribution in [-0.4, -0.2) is 38.0 Å². The summed E-state index contributed by atoms with van der Waals surface area (Å²) in [5.74, 6) is 0.00700. The van der Waals surface area contributed by atoms with Gasteiger partial charge >= 0.3 is 0 Å². The molecule has 1 aliphatic heterocycles. The van der Waals surface area contributed by atoms with Crippen molar-refractivity contribution in [2.75, 3.05) is 25.9 Å². The minimum Gasteiger partial charge on any atom is -0.327 e. The van der Waals surface area contributed by atoms with Crippen molar-refractivity contribution in [3.63, 3.8) is 0 Å². The van der Waals surface area contributed by atoms with Crippen LogP contribution in [0.25, 0.3) is 0 Å². The average molecular weight is 320 g/mol. The maximum absolute atomic E-state index is 12.0. The molecule has 22 heavy (non-hydrogen) atoms. The number of rotatable bonds is 5. The van der Waals surface area contributed by atoms with Gasteiger partial charge in [0.25, 0.3) is 5.91 Å². The molecule has 2 rings (SSSR count). The van der Waals surface area contributed by atoms with Crippen LogP contribution in [0.5, 0.6) is 0 Å². The average Bonchev–Trinajstić information content (AvgIpc) is 2.50. The van der Waals surface area contributed by atoms with Crippen LogP contribution >= 0.6 is 11.8 Å². The van der Waals surface area contributed by atoms with Gasteiger partial charge in [0.05, 0.1) is 19.3 Å². The number of carbonyl (C=O) groups is 1. The quantitative estimate of drug-likeness (QED) is 0.493. The van der Waals surface area contributed by atoms with Crippen molar-refractivity contribution in [3.05, 3.63) is 29.8 Å². The van der Waals surface area contributed by atoms with Gasteiger partial charge in [0.15, 0.2) is 6.54 Å². The molecule has 1 fully saturated rings. The van der Waals surface area contributed by atoms with E-state index in [0.717, 1.165) is 18.7 Å². The van der Waals surface area contributed by atoms with Crippen molar-refractivity contribution in [2.24, 2.45) is 5.10 Å². The largest absolute Gasteiger partial charge is 0.327 e. The third-order valence-corrected chi connectivity index (χ3v) is 4.73. The minimum absolute atomic E-state index is 0.00700. The van der Waals surface area contributed by atoms with Gasteiger partial charge < -0.3 is 4.90 Å². The highest BCUT2D eigenvalue weighted by molar-refractivity contribution is 7.98. The van der Waals surface area contributed by atoms with Crippen molar-refractivity contribution in [2.45, 2.75) is 37.0 Å². The van der Waals surface area contributed by atoms with Crippen LogP contribution in [0.1, 0.15) is 37.7 Å². The fourth-order valence-corrected chi connectivity index (χ4v) is 3.13. The highest BCUT2D eigenvalue weighted by Crippen LogP contribution is 2.13. The normalized spacial score (nSPS) is 17.1. The predicted octanol–water partition coefficient (Wildman–Crippen LogP) is 1.71. The summed E-state index contributed by atoms with van der Waals surface area (Å²) in [5.41, 5.74) is 3.64. The second-order valence-corrected chi connectivity index (χ2v) is 6.64. The Labute approximate surface area is 137 Å². The van der Waals surface area contributed by atoms with E-state index in [2.05, 4.69) is 28.9 Å². The molecule has 0 aliphatic carbocycles. The van der Waals surface area contributed by atoms with E-state index in [1.165, 1.54) is 41.9 Å². The fraction of sp³-hybridized carbons (Fsp3) is 0.529.